The monoisotopic (exact) mass is 1180 g/mol. The summed E-state index contributed by atoms with van der Waals surface area (Å²) in [5.74, 6) is -0.823. The second kappa shape index (κ2) is 68.0. The Hall–Kier alpha value is -3.07. The summed E-state index contributed by atoms with van der Waals surface area (Å²) >= 11 is 0. The second-order valence-electron chi connectivity index (χ2n) is 23.0. The third kappa shape index (κ3) is 67.9. The van der Waals surface area contributed by atoms with Crippen LogP contribution in [0.2, 0.25) is 0 Å². The average molecular weight is 1180 g/mol. The standard InChI is InChI=1S/C73H130NO8P/c1-3-5-7-9-11-13-15-17-19-21-23-25-27-29-31-32-33-34-35-36-37-38-40-42-44-46-48-50-52-54-56-58-60-62-64-66-73(76)82-71(70-81-83(77,78)80-68-67-74)69-79-72(75)65-63-61-59-57-55-53-51-49-47-45-43-41-39-30-28-26-24-22-20-18-16-14-12-10-8-6-4-2/h5,7,11,13,17,19,23,25,29,31,33-34,36-37,40,42,71H,3-4,6,8-10,12,14-16,18,20-22,24,26-28,30,32,35,38-39,41,43-70,74H2,1-2H3,(H,77,78)/b7-5-,13-11-,19-17-,25-23-,31-29-,34-33-,37-36-,42-40-. The lowest BCUT2D eigenvalue weighted by atomic mass is 10.0. The number of phosphoric acid groups is 1. The quantitative estimate of drug-likeness (QED) is 0.0264. The van der Waals surface area contributed by atoms with E-state index in [1.165, 1.54) is 193 Å². The molecule has 0 radical (unpaired) electrons. The Balaban J connectivity index is 3.91. The number of carbonyl (C=O) groups is 2. The van der Waals surface area contributed by atoms with Gasteiger partial charge in [0.2, 0.25) is 0 Å². The predicted molar refractivity (Wildman–Crippen MR) is 358 cm³/mol. The van der Waals surface area contributed by atoms with Crippen LogP contribution in [0.5, 0.6) is 0 Å². The first-order chi connectivity index (χ1) is 40.8. The molecule has 2 atom stereocenters. The van der Waals surface area contributed by atoms with Gasteiger partial charge >= 0.3 is 19.8 Å². The molecule has 0 rings (SSSR count). The fourth-order valence-corrected chi connectivity index (χ4v) is 10.7. The van der Waals surface area contributed by atoms with E-state index < -0.39 is 26.5 Å². The molecule has 0 spiro atoms. The van der Waals surface area contributed by atoms with E-state index in [4.69, 9.17) is 24.3 Å². The van der Waals surface area contributed by atoms with E-state index in [-0.39, 0.29) is 38.6 Å². The molecular weight excluding hydrogens is 1050 g/mol. The van der Waals surface area contributed by atoms with Crippen molar-refractivity contribution in [1.29, 1.82) is 0 Å². The van der Waals surface area contributed by atoms with Crippen LogP contribution in [-0.2, 0) is 32.7 Å². The van der Waals surface area contributed by atoms with Crippen molar-refractivity contribution in [3.63, 3.8) is 0 Å². The number of esters is 2. The van der Waals surface area contributed by atoms with Gasteiger partial charge in [0.05, 0.1) is 13.2 Å². The van der Waals surface area contributed by atoms with E-state index in [2.05, 4.69) is 111 Å². The van der Waals surface area contributed by atoms with Crippen LogP contribution in [0.4, 0.5) is 0 Å². The Morgan fingerprint density at radius 1 is 0.373 bits per heavy atom. The topological polar surface area (TPSA) is 134 Å². The number of nitrogens with two attached hydrogens (primary N) is 1. The van der Waals surface area contributed by atoms with Gasteiger partial charge in [0.1, 0.15) is 6.61 Å². The molecule has 3 N–H and O–H groups in total. The maximum absolute atomic E-state index is 12.8. The van der Waals surface area contributed by atoms with Crippen LogP contribution in [0.3, 0.4) is 0 Å². The molecular formula is C73H130NO8P. The molecule has 0 aliphatic heterocycles. The van der Waals surface area contributed by atoms with Crippen molar-refractivity contribution in [3.05, 3.63) is 97.2 Å². The number of unbranched alkanes of at least 4 members (excludes halogenated alkanes) is 36. The van der Waals surface area contributed by atoms with Crippen molar-refractivity contribution in [2.45, 2.75) is 328 Å². The summed E-state index contributed by atoms with van der Waals surface area (Å²) in [4.78, 5) is 35.4. The van der Waals surface area contributed by atoms with Crippen molar-refractivity contribution in [2.75, 3.05) is 26.4 Å². The highest BCUT2D eigenvalue weighted by molar-refractivity contribution is 7.47. The maximum atomic E-state index is 12.8. The minimum Gasteiger partial charge on any atom is -0.462 e. The van der Waals surface area contributed by atoms with E-state index in [0.717, 1.165) is 96.3 Å². The van der Waals surface area contributed by atoms with Crippen molar-refractivity contribution >= 4 is 19.8 Å². The van der Waals surface area contributed by atoms with E-state index in [0.29, 0.717) is 6.42 Å². The Morgan fingerprint density at radius 2 is 0.663 bits per heavy atom. The summed E-state index contributed by atoms with van der Waals surface area (Å²) in [6.45, 7) is 3.67. The van der Waals surface area contributed by atoms with Crippen molar-refractivity contribution < 1.29 is 37.6 Å². The first-order valence-corrected chi connectivity index (χ1v) is 36.2. The highest BCUT2D eigenvalue weighted by Crippen LogP contribution is 2.43. The maximum Gasteiger partial charge on any atom is 0.472 e. The first-order valence-electron chi connectivity index (χ1n) is 34.7. The molecule has 0 aliphatic carbocycles. The molecule has 10 heteroatoms. The highest BCUT2D eigenvalue weighted by atomic mass is 31.2. The molecule has 83 heavy (non-hydrogen) atoms. The normalized spacial score (nSPS) is 13.5. The fourth-order valence-electron chi connectivity index (χ4n) is 9.89. The van der Waals surface area contributed by atoms with Crippen LogP contribution in [0.15, 0.2) is 97.2 Å². The van der Waals surface area contributed by atoms with Crippen LogP contribution < -0.4 is 5.73 Å². The van der Waals surface area contributed by atoms with Crippen LogP contribution in [0.1, 0.15) is 322 Å². The number of hydrogen-bond donors (Lipinski definition) is 2. The zero-order valence-corrected chi connectivity index (χ0v) is 54.8. The van der Waals surface area contributed by atoms with Crippen LogP contribution in [-0.4, -0.2) is 49.3 Å². The molecule has 0 bridgehead atoms. The van der Waals surface area contributed by atoms with Crippen LogP contribution in [0.25, 0.3) is 0 Å². The van der Waals surface area contributed by atoms with E-state index in [1.807, 2.05) is 0 Å². The lowest BCUT2D eigenvalue weighted by Gasteiger charge is -2.19. The van der Waals surface area contributed by atoms with E-state index in [1.54, 1.807) is 0 Å². The molecule has 0 aromatic rings. The Labute approximate surface area is 512 Å². The van der Waals surface area contributed by atoms with Gasteiger partial charge in [0, 0.05) is 19.4 Å². The van der Waals surface area contributed by atoms with Crippen molar-refractivity contribution in [3.8, 4) is 0 Å². The summed E-state index contributed by atoms with van der Waals surface area (Å²) in [6, 6.07) is 0. The van der Waals surface area contributed by atoms with Gasteiger partial charge in [-0.1, -0.05) is 329 Å². The van der Waals surface area contributed by atoms with Gasteiger partial charge in [-0.15, -0.1) is 0 Å². The molecule has 0 amide bonds. The van der Waals surface area contributed by atoms with Gasteiger partial charge in [-0.25, -0.2) is 4.57 Å². The largest absolute Gasteiger partial charge is 0.472 e. The van der Waals surface area contributed by atoms with E-state index >= 15 is 0 Å². The summed E-state index contributed by atoms with van der Waals surface area (Å²) < 4.78 is 33.2. The zero-order valence-electron chi connectivity index (χ0n) is 53.9. The molecule has 0 heterocycles. The number of ether oxygens (including phenoxy) is 2. The summed E-state index contributed by atoms with van der Waals surface area (Å²) in [6.07, 6.45) is 92.1. The molecule has 2 unspecified atom stereocenters. The van der Waals surface area contributed by atoms with Crippen LogP contribution in [0, 0.1) is 0 Å². The number of hydrogen-bond acceptors (Lipinski definition) is 8. The first kappa shape index (κ1) is 79.9. The molecule has 0 saturated carbocycles. The lowest BCUT2D eigenvalue weighted by molar-refractivity contribution is -0.161. The van der Waals surface area contributed by atoms with Gasteiger partial charge in [-0.2, -0.15) is 0 Å². The summed E-state index contributed by atoms with van der Waals surface area (Å²) in [5.41, 5.74) is 5.40. The molecule has 0 aromatic heterocycles. The molecule has 0 fully saturated rings. The molecule has 0 aliphatic rings. The number of phosphoric ester groups is 1. The number of allylic oxidation sites excluding steroid dienone is 16. The Bertz CT molecular complexity index is 1680. The molecule has 9 nitrogen and oxygen atoms in total. The van der Waals surface area contributed by atoms with Gasteiger partial charge in [0.25, 0.3) is 0 Å². The third-order valence-electron chi connectivity index (χ3n) is 15.0. The minimum atomic E-state index is -4.40. The molecule has 480 valence electrons. The van der Waals surface area contributed by atoms with E-state index in [9.17, 15) is 19.0 Å². The zero-order chi connectivity index (χ0) is 60.1. The summed E-state index contributed by atoms with van der Waals surface area (Å²) in [5, 5.41) is 0. The third-order valence-corrected chi connectivity index (χ3v) is 16.0. The Kier molecular flexibility index (Phi) is 65.5. The number of carbonyl (C=O) groups excluding carboxylic acids is 2. The fraction of sp³-hybridized carbons (Fsp3) is 0.753. The summed E-state index contributed by atoms with van der Waals surface area (Å²) in [7, 11) is -4.40. The predicted octanol–water partition coefficient (Wildman–Crippen LogP) is 22.7. The SMILES string of the molecule is CC/C=C\C/C=C\C/C=C\C/C=C\C/C=C\C/C=C\C/C=C\C/C=C\CCCCCCCCCCCCC(=O)OC(COC(=O)CCCCCCCCCCCCCCCCCCCCCCCCCCCCC)COP(=O)(O)OCCN. The van der Waals surface area contributed by atoms with Crippen molar-refractivity contribution in [2.24, 2.45) is 5.73 Å². The second-order valence-corrected chi connectivity index (χ2v) is 24.5. The van der Waals surface area contributed by atoms with Gasteiger partial charge in [0.15, 0.2) is 6.10 Å². The smallest absolute Gasteiger partial charge is 0.462 e. The lowest BCUT2D eigenvalue weighted by Crippen LogP contribution is -2.29. The average Bonchev–Trinajstić information content (AvgIpc) is 3.48. The molecule has 0 aromatic carbocycles. The van der Waals surface area contributed by atoms with Gasteiger partial charge in [-0.05, 0) is 77.0 Å². The molecule has 0 saturated heterocycles. The van der Waals surface area contributed by atoms with Gasteiger partial charge in [-0.3, -0.25) is 18.6 Å². The number of rotatable bonds is 65. The van der Waals surface area contributed by atoms with Crippen LogP contribution >= 0.6 is 7.82 Å². The minimum absolute atomic E-state index is 0.0504. The van der Waals surface area contributed by atoms with Crippen molar-refractivity contribution in [1.82, 2.24) is 0 Å². The van der Waals surface area contributed by atoms with Gasteiger partial charge < -0.3 is 20.1 Å². The highest BCUT2D eigenvalue weighted by Gasteiger charge is 2.26. The Morgan fingerprint density at radius 3 is 0.988 bits per heavy atom.